The molecule has 0 amide bonds. The smallest absolute Gasteiger partial charge is 0.387 e. The molecule has 0 saturated carbocycles. The summed E-state index contributed by atoms with van der Waals surface area (Å²) < 4.78 is 74.3. The van der Waals surface area contributed by atoms with Gasteiger partial charge in [0.15, 0.2) is 0 Å². The molecule has 0 spiro atoms. The summed E-state index contributed by atoms with van der Waals surface area (Å²) in [6, 6.07) is 13.4. The van der Waals surface area contributed by atoms with Crippen LogP contribution in [0.25, 0.3) is 11.1 Å². The minimum absolute atomic E-state index is 0.113. The van der Waals surface area contributed by atoms with Crippen molar-refractivity contribution in [2.45, 2.75) is 18.5 Å². The molecule has 1 aliphatic heterocycles. The van der Waals surface area contributed by atoms with Crippen LogP contribution in [0.5, 0.6) is 11.5 Å². The molecule has 0 radical (unpaired) electrons. The molecule has 10 heteroatoms. The van der Waals surface area contributed by atoms with E-state index in [1.165, 1.54) is 30.3 Å². The Morgan fingerprint density at radius 1 is 1.13 bits per heavy atom. The quantitative estimate of drug-likeness (QED) is 0.513. The van der Waals surface area contributed by atoms with Crippen molar-refractivity contribution in [1.29, 1.82) is 0 Å². The molecule has 0 saturated heterocycles. The zero-order chi connectivity index (χ0) is 22.3. The lowest BCUT2D eigenvalue weighted by atomic mass is 9.88. The topological polar surface area (TPSA) is 78.6 Å². The van der Waals surface area contributed by atoms with E-state index < -0.39 is 34.3 Å². The van der Waals surface area contributed by atoms with E-state index in [-0.39, 0.29) is 17.1 Å². The first-order chi connectivity index (χ1) is 14.6. The molecular formula is C21H15BrF3NO4S. The second-order valence-electron chi connectivity index (χ2n) is 6.94. The van der Waals surface area contributed by atoms with Crippen LogP contribution in [0.1, 0.15) is 22.8 Å². The van der Waals surface area contributed by atoms with E-state index in [2.05, 4.69) is 15.9 Å². The molecular weight excluding hydrogens is 499 g/mol. The monoisotopic (exact) mass is 513 g/mol. The molecule has 2 N–H and O–H groups in total. The Morgan fingerprint density at radius 3 is 2.58 bits per heavy atom. The van der Waals surface area contributed by atoms with Crippen LogP contribution in [0, 0.1) is 5.82 Å². The highest BCUT2D eigenvalue weighted by atomic mass is 79.9. The molecule has 1 heterocycles. The fourth-order valence-electron chi connectivity index (χ4n) is 3.59. The Kier molecular flexibility index (Phi) is 5.71. The van der Waals surface area contributed by atoms with Crippen molar-refractivity contribution in [1.82, 2.24) is 0 Å². The van der Waals surface area contributed by atoms with E-state index >= 15 is 0 Å². The van der Waals surface area contributed by atoms with E-state index in [9.17, 15) is 21.6 Å². The summed E-state index contributed by atoms with van der Waals surface area (Å²) in [5.41, 5.74) is 2.10. The van der Waals surface area contributed by atoms with Crippen molar-refractivity contribution in [3.8, 4) is 22.6 Å². The fourth-order valence-corrected chi connectivity index (χ4v) is 4.65. The third-order valence-electron chi connectivity index (χ3n) is 4.68. The maximum atomic E-state index is 13.9. The molecule has 4 rings (SSSR count). The predicted molar refractivity (Wildman–Crippen MR) is 112 cm³/mol. The van der Waals surface area contributed by atoms with Gasteiger partial charge < -0.3 is 9.47 Å². The third kappa shape index (κ3) is 4.70. The van der Waals surface area contributed by atoms with Gasteiger partial charge in [0.25, 0.3) is 0 Å². The van der Waals surface area contributed by atoms with Crippen LogP contribution in [0.3, 0.4) is 0 Å². The van der Waals surface area contributed by atoms with Crippen LogP contribution in [-0.2, 0) is 15.8 Å². The lowest BCUT2D eigenvalue weighted by Crippen LogP contribution is -2.19. The lowest BCUT2D eigenvalue weighted by Gasteiger charge is -2.31. The molecule has 1 aliphatic rings. The maximum Gasteiger partial charge on any atom is 0.387 e. The van der Waals surface area contributed by atoms with Gasteiger partial charge in [0.1, 0.15) is 23.4 Å². The van der Waals surface area contributed by atoms with Gasteiger partial charge in [-0.3, -0.25) is 0 Å². The molecule has 0 aliphatic carbocycles. The number of fused-ring (bicyclic) bond motifs is 3. The maximum absolute atomic E-state index is 13.9. The first-order valence-electron chi connectivity index (χ1n) is 8.95. The van der Waals surface area contributed by atoms with Gasteiger partial charge in [-0.2, -0.15) is 8.78 Å². The molecule has 3 aromatic carbocycles. The summed E-state index contributed by atoms with van der Waals surface area (Å²) in [5.74, 6) is -0.766. The predicted octanol–water partition coefficient (Wildman–Crippen LogP) is 5.13. The van der Waals surface area contributed by atoms with Crippen molar-refractivity contribution < 1.29 is 31.1 Å². The normalized spacial score (nSPS) is 15.2. The average Bonchev–Trinajstić information content (AvgIpc) is 2.65. The lowest BCUT2D eigenvalue weighted by molar-refractivity contribution is -0.0496. The van der Waals surface area contributed by atoms with E-state index in [1.807, 2.05) is 0 Å². The van der Waals surface area contributed by atoms with Crippen molar-refractivity contribution in [2.75, 3.05) is 0 Å². The average molecular weight is 514 g/mol. The van der Waals surface area contributed by atoms with Gasteiger partial charge in [-0.1, -0.05) is 46.3 Å². The highest BCUT2D eigenvalue weighted by molar-refractivity contribution is 9.10. The van der Waals surface area contributed by atoms with Gasteiger partial charge >= 0.3 is 6.61 Å². The number of ether oxygens (including phenoxy) is 2. The number of halogens is 4. The van der Waals surface area contributed by atoms with E-state index in [1.54, 1.807) is 24.3 Å². The Labute approximate surface area is 184 Å². The number of alkyl halides is 2. The molecule has 31 heavy (non-hydrogen) atoms. The van der Waals surface area contributed by atoms with Gasteiger partial charge in [0.05, 0.1) is 11.3 Å². The van der Waals surface area contributed by atoms with Gasteiger partial charge in [-0.15, -0.1) is 0 Å². The number of hydrogen-bond donors (Lipinski definition) is 1. The SMILES string of the molecule is NS(=O)(=O)Cc1ccc2c(c1)C(c1cccc(F)c1)Oc1cc(Br)cc(OC(F)F)c1-2. The fraction of sp³-hybridized carbons (Fsp3) is 0.143. The second kappa shape index (κ2) is 8.18. The van der Waals surface area contributed by atoms with Crippen LogP contribution in [-0.4, -0.2) is 15.0 Å². The van der Waals surface area contributed by atoms with Gasteiger partial charge in [0.2, 0.25) is 10.0 Å². The Bertz CT molecular complexity index is 1270. The first-order valence-corrected chi connectivity index (χ1v) is 11.5. The second-order valence-corrected chi connectivity index (χ2v) is 9.47. The van der Waals surface area contributed by atoms with Gasteiger partial charge in [0, 0.05) is 10.0 Å². The Morgan fingerprint density at radius 2 is 1.90 bits per heavy atom. The number of rotatable bonds is 5. The van der Waals surface area contributed by atoms with Crippen LogP contribution >= 0.6 is 15.9 Å². The van der Waals surface area contributed by atoms with Crippen LogP contribution in [0.15, 0.2) is 59.1 Å². The molecule has 0 fully saturated rings. The zero-order valence-electron chi connectivity index (χ0n) is 15.7. The largest absolute Gasteiger partial charge is 0.480 e. The summed E-state index contributed by atoms with van der Waals surface area (Å²) in [4.78, 5) is 0. The van der Waals surface area contributed by atoms with Crippen molar-refractivity contribution in [2.24, 2.45) is 5.14 Å². The van der Waals surface area contributed by atoms with Crippen LogP contribution in [0.2, 0.25) is 0 Å². The van der Waals surface area contributed by atoms with Gasteiger partial charge in [-0.05, 0) is 41.0 Å². The minimum Gasteiger partial charge on any atom is -0.480 e. The van der Waals surface area contributed by atoms with E-state index in [0.717, 1.165) is 0 Å². The highest BCUT2D eigenvalue weighted by Crippen LogP contribution is 2.50. The number of hydrogen-bond acceptors (Lipinski definition) is 4. The summed E-state index contributed by atoms with van der Waals surface area (Å²) in [5, 5.41) is 5.16. The molecule has 0 bridgehead atoms. The molecule has 162 valence electrons. The molecule has 0 aromatic heterocycles. The Hall–Kier alpha value is -2.56. The standard InChI is InChI=1S/C21H15BrF3NO4S/c22-13-8-17-19(18(9-13)30-21(24)25)15-5-4-11(10-31(26,27)28)6-16(15)20(29-17)12-2-1-3-14(23)7-12/h1-9,20-21H,10H2,(H2,26,27,28). The number of nitrogens with two attached hydrogens (primary N) is 1. The summed E-state index contributed by atoms with van der Waals surface area (Å²) in [6.45, 7) is -3.07. The van der Waals surface area contributed by atoms with E-state index in [0.29, 0.717) is 26.7 Å². The minimum atomic E-state index is -3.81. The van der Waals surface area contributed by atoms with Crippen molar-refractivity contribution >= 4 is 26.0 Å². The number of sulfonamides is 1. The van der Waals surface area contributed by atoms with Crippen LogP contribution in [0.4, 0.5) is 13.2 Å². The zero-order valence-corrected chi connectivity index (χ0v) is 18.1. The molecule has 1 unspecified atom stereocenters. The first kappa shape index (κ1) is 21.7. The summed E-state index contributed by atoms with van der Waals surface area (Å²) in [6.07, 6.45) is -0.813. The molecule has 3 aromatic rings. The Balaban J connectivity index is 1.95. The third-order valence-corrected chi connectivity index (χ3v) is 5.87. The van der Waals surface area contributed by atoms with E-state index in [4.69, 9.17) is 14.6 Å². The van der Waals surface area contributed by atoms with Crippen molar-refractivity contribution in [3.63, 3.8) is 0 Å². The van der Waals surface area contributed by atoms with Gasteiger partial charge in [-0.25, -0.2) is 17.9 Å². The summed E-state index contributed by atoms with van der Waals surface area (Å²) >= 11 is 3.26. The highest BCUT2D eigenvalue weighted by Gasteiger charge is 2.31. The number of primary sulfonamides is 1. The molecule has 1 atom stereocenters. The number of benzene rings is 3. The summed E-state index contributed by atoms with van der Waals surface area (Å²) in [7, 11) is -3.81. The van der Waals surface area contributed by atoms with Crippen molar-refractivity contribution in [3.05, 3.63) is 81.6 Å². The van der Waals surface area contributed by atoms with Crippen LogP contribution < -0.4 is 14.6 Å². The molecule has 5 nitrogen and oxygen atoms in total.